The predicted molar refractivity (Wildman–Crippen MR) is 76.5 cm³/mol. The molecule has 0 amide bonds. The fourth-order valence-electron chi connectivity index (χ4n) is 1.72. The standard InChI is InChI=1S/C15H13F3O3S/c1-9(2)20-10-4-3-5-11(6-10)21-14(19)12-7-22-8-13(12)15(16,17)18/h3-9H,1-2H3. The summed E-state index contributed by atoms with van der Waals surface area (Å²) < 4.78 is 48.7. The van der Waals surface area contributed by atoms with Crippen LogP contribution in [-0.4, -0.2) is 12.1 Å². The van der Waals surface area contributed by atoms with Crippen molar-refractivity contribution in [1.29, 1.82) is 0 Å². The van der Waals surface area contributed by atoms with E-state index in [1.165, 1.54) is 12.1 Å². The van der Waals surface area contributed by atoms with Gasteiger partial charge in [0, 0.05) is 16.8 Å². The molecule has 0 radical (unpaired) electrons. The fraction of sp³-hybridized carbons (Fsp3) is 0.267. The summed E-state index contributed by atoms with van der Waals surface area (Å²) in [6, 6.07) is 6.20. The van der Waals surface area contributed by atoms with Gasteiger partial charge in [-0.15, -0.1) is 0 Å². The second kappa shape index (κ2) is 6.39. The Morgan fingerprint density at radius 3 is 2.50 bits per heavy atom. The molecule has 0 spiro atoms. The van der Waals surface area contributed by atoms with Crippen LogP contribution in [0.1, 0.15) is 29.8 Å². The summed E-state index contributed by atoms with van der Waals surface area (Å²) in [7, 11) is 0. The van der Waals surface area contributed by atoms with E-state index in [0.717, 1.165) is 22.1 Å². The second-order valence-corrected chi connectivity index (χ2v) is 5.47. The molecule has 0 aliphatic rings. The normalized spacial score (nSPS) is 11.5. The van der Waals surface area contributed by atoms with Gasteiger partial charge in [0.05, 0.1) is 17.2 Å². The molecule has 1 aromatic heterocycles. The molecule has 3 nitrogen and oxygen atoms in total. The Labute approximate surface area is 129 Å². The summed E-state index contributed by atoms with van der Waals surface area (Å²) >= 11 is 0.798. The minimum atomic E-state index is -4.59. The molecule has 2 rings (SSSR count). The third-order valence-corrected chi connectivity index (χ3v) is 3.32. The molecule has 0 saturated carbocycles. The molecule has 0 N–H and O–H groups in total. The number of esters is 1. The van der Waals surface area contributed by atoms with Crippen LogP contribution in [0.3, 0.4) is 0 Å². The SMILES string of the molecule is CC(C)Oc1cccc(OC(=O)c2cscc2C(F)(F)F)c1. The Morgan fingerprint density at radius 2 is 1.86 bits per heavy atom. The molecule has 0 atom stereocenters. The summed E-state index contributed by atoms with van der Waals surface area (Å²) in [4.78, 5) is 11.9. The summed E-state index contributed by atoms with van der Waals surface area (Å²) in [6.07, 6.45) is -4.66. The molecule has 0 fully saturated rings. The van der Waals surface area contributed by atoms with E-state index in [9.17, 15) is 18.0 Å². The van der Waals surface area contributed by atoms with E-state index < -0.39 is 23.3 Å². The van der Waals surface area contributed by atoms with E-state index in [1.54, 1.807) is 12.1 Å². The van der Waals surface area contributed by atoms with Gasteiger partial charge in [0.1, 0.15) is 11.5 Å². The largest absolute Gasteiger partial charge is 0.491 e. The topological polar surface area (TPSA) is 35.5 Å². The molecule has 7 heteroatoms. The first-order valence-electron chi connectivity index (χ1n) is 6.39. The third kappa shape index (κ3) is 4.00. The number of hydrogen-bond donors (Lipinski definition) is 0. The van der Waals surface area contributed by atoms with Crippen molar-refractivity contribution in [3.8, 4) is 11.5 Å². The van der Waals surface area contributed by atoms with Crippen LogP contribution in [0.15, 0.2) is 35.0 Å². The molecular formula is C15H13F3O3S. The Bertz CT molecular complexity index is 662. The summed E-state index contributed by atoms with van der Waals surface area (Å²) in [5, 5.41) is 2.01. The van der Waals surface area contributed by atoms with E-state index in [2.05, 4.69) is 0 Å². The first kappa shape index (κ1) is 16.4. The van der Waals surface area contributed by atoms with E-state index in [0.29, 0.717) is 5.75 Å². The lowest BCUT2D eigenvalue weighted by molar-refractivity contribution is -0.137. The quantitative estimate of drug-likeness (QED) is 0.598. The van der Waals surface area contributed by atoms with Crippen LogP contribution in [0.2, 0.25) is 0 Å². The first-order valence-corrected chi connectivity index (χ1v) is 7.34. The van der Waals surface area contributed by atoms with Crippen molar-refractivity contribution in [1.82, 2.24) is 0 Å². The van der Waals surface area contributed by atoms with Gasteiger partial charge in [0.2, 0.25) is 0 Å². The minimum Gasteiger partial charge on any atom is -0.491 e. The number of benzene rings is 1. The Balaban J connectivity index is 2.18. The number of ether oxygens (including phenoxy) is 2. The van der Waals surface area contributed by atoms with Crippen molar-refractivity contribution >= 4 is 17.3 Å². The molecule has 2 aromatic rings. The van der Waals surface area contributed by atoms with E-state index in [4.69, 9.17) is 9.47 Å². The summed E-state index contributed by atoms with van der Waals surface area (Å²) in [5.74, 6) is -0.445. The van der Waals surface area contributed by atoms with Gasteiger partial charge in [-0.1, -0.05) is 6.07 Å². The van der Waals surface area contributed by atoms with Crippen molar-refractivity contribution in [3.63, 3.8) is 0 Å². The maximum Gasteiger partial charge on any atom is 0.418 e. The Kier molecular flexibility index (Phi) is 4.75. The van der Waals surface area contributed by atoms with Crippen LogP contribution in [0, 0.1) is 0 Å². The highest BCUT2D eigenvalue weighted by molar-refractivity contribution is 7.08. The van der Waals surface area contributed by atoms with Crippen molar-refractivity contribution in [2.45, 2.75) is 26.1 Å². The number of thiophene rings is 1. The average Bonchev–Trinajstić information content (AvgIpc) is 2.87. The van der Waals surface area contributed by atoms with Gasteiger partial charge in [-0.25, -0.2) is 4.79 Å². The maximum absolute atomic E-state index is 12.8. The number of carbonyl (C=O) groups excluding carboxylic acids is 1. The smallest absolute Gasteiger partial charge is 0.418 e. The molecule has 1 aromatic carbocycles. The molecule has 0 unspecified atom stereocenters. The molecule has 118 valence electrons. The molecule has 0 aliphatic carbocycles. The van der Waals surface area contributed by atoms with Gasteiger partial charge in [-0.2, -0.15) is 24.5 Å². The van der Waals surface area contributed by atoms with Crippen LogP contribution in [0.25, 0.3) is 0 Å². The highest BCUT2D eigenvalue weighted by Crippen LogP contribution is 2.34. The maximum atomic E-state index is 12.8. The van der Waals surface area contributed by atoms with E-state index >= 15 is 0 Å². The summed E-state index contributed by atoms with van der Waals surface area (Å²) in [6.45, 7) is 3.67. The van der Waals surface area contributed by atoms with E-state index in [1.807, 2.05) is 13.8 Å². The lowest BCUT2D eigenvalue weighted by Gasteiger charge is -2.11. The second-order valence-electron chi connectivity index (χ2n) is 4.73. The van der Waals surface area contributed by atoms with Crippen molar-refractivity contribution in [3.05, 3.63) is 46.2 Å². The van der Waals surface area contributed by atoms with Crippen LogP contribution in [0.4, 0.5) is 13.2 Å². The number of alkyl halides is 3. The minimum absolute atomic E-state index is 0.0698. The zero-order valence-corrected chi connectivity index (χ0v) is 12.6. The molecule has 0 aliphatic heterocycles. The molecule has 0 bridgehead atoms. The van der Waals surface area contributed by atoms with Gasteiger partial charge in [-0.05, 0) is 26.0 Å². The lowest BCUT2D eigenvalue weighted by atomic mass is 10.2. The van der Waals surface area contributed by atoms with E-state index in [-0.39, 0.29) is 11.9 Å². The Hall–Kier alpha value is -2.02. The zero-order chi connectivity index (χ0) is 16.3. The van der Waals surface area contributed by atoms with Crippen LogP contribution in [-0.2, 0) is 6.18 Å². The monoisotopic (exact) mass is 330 g/mol. The molecule has 1 heterocycles. The molecular weight excluding hydrogens is 317 g/mol. The van der Waals surface area contributed by atoms with Crippen molar-refractivity contribution in [2.24, 2.45) is 0 Å². The van der Waals surface area contributed by atoms with Gasteiger partial charge in [-0.3, -0.25) is 0 Å². The average molecular weight is 330 g/mol. The van der Waals surface area contributed by atoms with Crippen LogP contribution < -0.4 is 9.47 Å². The number of carbonyl (C=O) groups is 1. The zero-order valence-electron chi connectivity index (χ0n) is 11.8. The van der Waals surface area contributed by atoms with Crippen molar-refractivity contribution < 1.29 is 27.4 Å². The van der Waals surface area contributed by atoms with Crippen LogP contribution >= 0.6 is 11.3 Å². The number of halogens is 3. The van der Waals surface area contributed by atoms with Gasteiger partial charge in [0.25, 0.3) is 0 Å². The highest BCUT2D eigenvalue weighted by Gasteiger charge is 2.36. The van der Waals surface area contributed by atoms with Gasteiger partial charge < -0.3 is 9.47 Å². The third-order valence-electron chi connectivity index (χ3n) is 2.58. The lowest BCUT2D eigenvalue weighted by Crippen LogP contribution is -2.15. The highest BCUT2D eigenvalue weighted by atomic mass is 32.1. The molecule has 0 saturated heterocycles. The Morgan fingerprint density at radius 1 is 1.18 bits per heavy atom. The van der Waals surface area contributed by atoms with Gasteiger partial charge in [0.15, 0.2) is 0 Å². The molecule has 22 heavy (non-hydrogen) atoms. The fourth-order valence-corrected chi connectivity index (χ4v) is 2.54. The first-order chi connectivity index (χ1) is 10.3. The number of rotatable bonds is 4. The van der Waals surface area contributed by atoms with Crippen molar-refractivity contribution in [2.75, 3.05) is 0 Å². The van der Waals surface area contributed by atoms with Crippen LogP contribution in [0.5, 0.6) is 11.5 Å². The predicted octanol–water partition coefficient (Wildman–Crippen LogP) is 4.77. The number of hydrogen-bond acceptors (Lipinski definition) is 4. The summed E-state index contributed by atoms with van der Waals surface area (Å²) in [5.41, 5.74) is -1.48. The van der Waals surface area contributed by atoms with Gasteiger partial charge >= 0.3 is 12.1 Å².